The Bertz CT molecular complexity index is 668. The highest BCUT2D eigenvalue weighted by Crippen LogP contribution is 2.33. The van der Waals surface area contributed by atoms with Gasteiger partial charge >= 0.3 is 0 Å². The summed E-state index contributed by atoms with van der Waals surface area (Å²) in [5.41, 5.74) is 0. The van der Waals surface area contributed by atoms with Gasteiger partial charge in [-0.15, -0.1) is 0 Å². The van der Waals surface area contributed by atoms with Crippen molar-refractivity contribution in [3.8, 4) is 5.75 Å². The summed E-state index contributed by atoms with van der Waals surface area (Å²) in [6, 6.07) is 7.88. The normalized spacial score (nSPS) is 24.7. The van der Waals surface area contributed by atoms with Gasteiger partial charge in [0.05, 0.1) is 10.9 Å². The average molecular weight is 363 g/mol. The summed E-state index contributed by atoms with van der Waals surface area (Å²) in [7, 11) is 0. The van der Waals surface area contributed by atoms with E-state index < -0.39 is 0 Å². The standard InChI is InChI=1S/C19H23ClN2O3/c20-16-3-1-2-4-17(16)25-15-7-9-21(10-8-15)19(24)13-11-18(23)22(12-13)14-5-6-14/h1-4,13-15H,5-12H2. The van der Waals surface area contributed by atoms with Gasteiger partial charge in [-0.1, -0.05) is 23.7 Å². The first kappa shape index (κ1) is 16.7. The van der Waals surface area contributed by atoms with Crippen molar-refractivity contribution < 1.29 is 14.3 Å². The molecule has 0 aromatic heterocycles. The van der Waals surface area contributed by atoms with Gasteiger partial charge in [-0.25, -0.2) is 0 Å². The van der Waals surface area contributed by atoms with Crippen LogP contribution >= 0.6 is 11.6 Å². The molecular weight excluding hydrogens is 340 g/mol. The van der Waals surface area contributed by atoms with Crippen LogP contribution in [0, 0.1) is 5.92 Å². The van der Waals surface area contributed by atoms with E-state index in [4.69, 9.17) is 16.3 Å². The SMILES string of the molecule is O=C(C1CC(=O)N(C2CC2)C1)N1CCC(Oc2ccccc2Cl)CC1. The van der Waals surface area contributed by atoms with E-state index in [-0.39, 0.29) is 23.8 Å². The number of carbonyl (C=O) groups is 2. The summed E-state index contributed by atoms with van der Waals surface area (Å²) >= 11 is 6.14. The molecule has 1 atom stereocenters. The van der Waals surface area contributed by atoms with Crippen molar-refractivity contribution in [3.05, 3.63) is 29.3 Å². The molecule has 1 aromatic rings. The number of para-hydroxylation sites is 1. The number of halogens is 1. The maximum absolute atomic E-state index is 12.7. The maximum atomic E-state index is 12.7. The first-order valence-electron chi connectivity index (χ1n) is 9.11. The molecule has 2 heterocycles. The molecule has 4 rings (SSSR count). The molecule has 1 saturated carbocycles. The van der Waals surface area contributed by atoms with E-state index in [1.807, 2.05) is 34.1 Å². The summed E-state index contributed by atoms with van der Waals surface area (Å²) in [4.78, 5) is 28.6. The third kappa shape index (κ3) is 3.61. The largest absolute Gasteiger partial charge is 0.489 e. The second kappa shape index (κ2) is 6.87. The zero-order valence-electron chi connectivity index (χ0n) is 14.2. The molecule has 6 heteroatoms. The fourth-order valence-corrected chi connectivity index (χ4v) is 3.99. The van der Waals surface area contributed by atoms with E-state index in [2.05, 4.69) is 0 Å². The molecular formula is C19H23ClN2O3. The fraction of sp³-hybridized carbons (Fsp3) is 0.579. The number of hydrogen-bond donors (Lipinski definition) is 0. The predicted molar refractivity (Wildman–Crippen MR) is 94.5 cm³/mol. The molecule has 2 amide bonds. The number of hydrogen-bond acceptors (Lipinski definition) is 3. The van der Waals surface area contributed by atoms with Crippen molar-refractivity contribution in [2.24, 2.45) is 5.92 Å². The summed E-state index contributed by atoms with van der Waals surface area (Å²) in [6.07, 6.45) is 4.24. The molecule has 0 spiro atoms. The predicted octanol–water partition coefficient (Wildman–Crippen LogP) is 2.72. The van der Waals surface area contributed by atoms with Crippen LogP contribution in [0.1, 0.15) is 32.1 Å². The van der Waals surface area contributed by atoms with Crippen LogP contribution in [-0.2, 0) is 9.59 Å². The number of amides is 2. The highest BCUT2D eigenvalue weighted by atomic mass is 35.5. The van der Waals surface area contributed by atoms with E-state index >= 15 is 0 Å². The highest BCUT2D eigenvalue weighted by molar-refractivity contribution is 6.32. The van der Waals surface area contributed by atoms with Gasteiger partial charge in [-0.2, -0.15) is 0 Å². The van der Waals surface area contributed by atoms with Crippen molar-refractivity contribution in [1.29, 1.82) is 0 Å². The second-order valence-electron chi connectivity index (χ2n) is 7.25. The Kier molecular flexibility index (Phi) is 4.59. The molecule has 1 aliphatic carbocycles. The Balaban J connectivity index is 1.29. The lowest BCUT2D eigenvalue weighted by atomic mass is 10.0. The summed E-state index contributed by atoms with van der Waals surface area (Å²) in [5, 5.41) is 0.616. The molecule has 2 aliphatic heterocycles. The number of rotatable bonds is 4. The van der Waals surface area contributed by atoms with E-state index in [0.29, 0.717) is 42.9 Å². The molecule has 5 nitrogen and oxygen atoms in total. The Morgan fingerprint density at radius 2 is 1.84 bits per heavy atom. The third-order valence-corrected chi connectivity index (χ3v) is 5.69. The minimum Gasteiger partial charge on any atom is -0.489 e. The average Bonchev–Trinajstić information content (AvgIpc) is 3.39. The van der Waals surface area contributed by atoms with Crippen LogP contribution in [0.5, 0.6) is 5.75 Å². The van der Waals surface area contributed by atoms with E-state index in [1.165, 1.54) is 0 Å². The molecule has 0 N–H and O–H groups in total. The Morgan fingerprint density at radius 3 is 2.52 bits per heavy atom. The molecule has 1 unspecified atom stereocenters. The van der Waals surface area contributed by atoms with E-state index in [9.17, 15) is 9.59 Å². The summed E-state index contributed by atoms with van der Waals surface area (Å²) in [5.74, 6) is 0.829. The van der Waals surface area contributed by atoms with Crippen LogP contribution in [-0.4, -0.2) is 53.4 Å². The van der Waals surface area contributed by atoms with Gasteiger partial charge < -0.3 is 14.5 Å². The van der Waals surface area contributed by atoms with Gasteiger partial charge in [-0.3, -0.25) is 9.59 Å². The van der Waals surface area contributed by atoms with Crippen LogP contribution in [0.3, 0.4) is 0 Å². The van der Waals surface area contributed by atoms with Gasteiger partial charge in [0.25, 0.3) is 0 Å². The lowest BCUT2D eigenvalue weighted by molar-refractivity contribution is -0.137. The molecule has 0 bridgehead atoms. The zero-order chi connectivity index (χ0) is 17.4. The maximum Gasteiger partial charge on any atom is 0.227 e. The van der Waals surface area contributed by atoms with Crippen LogP contribution in [0.2, 0.25) is 5.02 Å². The Morgan fingerprint density at radius 1 is 1.12 bits per heavy atom. The number of carbonyl (C=O) groups excluding carboxylic acids is 2. The molecule has 25 heavy (non-hydrogen) atoms. The molecule has 0 radical (unpaired) electrons. The van der Waals surface area contributed by atoms with Gasteiger partial charge in [0, 0.05) is 44.9 Å². The zero-order valence-corrected chi connectivity index (χ0v) is 15.0. The molecule has 3 aliphatic rings. The van der Waals surface area contributed by atoms with Gasteiger partial charge in [0.15, 0.2) is 0 Å². The highest BCUT2D eigenvalue weighted by Gasteiger charge is 2.43. The molecule has 3 fully saturated rings. The lowest BCUT2D eigenvalue weighted by Gasteiger charge is -2.33. The minimum absolute atomic E-state index is 0.0807. The van der Waals surface area contributed by atoms with Crippen molar-refractivity contribution in [3.63, 3.8) is 0 Å². The molecule has 1 aromatic carbocycles. The van der Waals surface area contributed by atoms with Gasteiger partial charge in [-0.05, 0) is 25.0 Å². The van der Waals surface area contributed by atoms with Crippen LogP contribution in [0.25, 0.3) is 0 Å². The number of piperidine rings is 1. The van der Waals surface area contributed by atoms with Crippen molar-refractivity contribution in [1.82, 2.24) is 9.80 Å². The minimum atomic E-state index is -0.158. The van der Waals surface area contributed by atoms with Crippen molar-refractivity contribution in [2.75, 3.05) is 19.6 Å². The number of benzene rings is 1. The van der Waals surface area contributed by atoms with Gasteiger partial charge in [0.1, 0.15) is 11.9 Å². The summed E-state index contributed by atoms with van der Waals surface area (Å²) in [6.45, 7) is 1.97. The number of likely N-dealkylation sites (tertiary alicyclic amines) is 2. The lowest BCUT2D eigenvalue weighted by Crippen LogP contribution is -2.45. The van der Waals surface area contributed by atoms with Crippen molar-refractivity contribution in [2.45, 2.75) is 44.2 Å². The third-order valence-electron chi connectivity index (χ3n) is 5.38. The van der Waals surface area contributed by atoms with Gasteiger partial charge in [0.2, 0.25) is 11.8 Å². The molecule has 134 valence electrons. The summed E-state index contributed by atoms with van der Waals surface area (Å²) < 4.78 is 5.98. The van der Waals surface area contributed by atoms with Crippen LogP contribution in [0.4, 0.5) is 0 Å². The van der Waals surface area contributed by atoms with Crippen LogP contribution < -0.4 is 4.74 Å². The first-order valence-corrected chi connectivity index (χ1v) is 9.49. The van der Waals surface area contributed by atoms with Crippen LogP contribution in [0.15, 0.2) is 24.3 Å². The molecule has 2 saturated heterocycles. The second-order valence-corrected chi connectivity index (χ2v) is 7.66. The quantitative estimate of drug-likeness (QED) is 0.827. The van der Waals surface area contributed by atoms with Crippen molar-refractivity contribution >= 4 is 23.4 Å². The number of ether oxygens (including phenoxy) is 1. The topological polar surface area (TPSA) is 49.9 Å². The first-order chi connectivity index (χ1) is 12.1. The van der Waals surface area contributed by atoms with E-state index in [0.717, 1.165) is 25.7 Å². The van der Waals surface area contributed by atoms with E-state index in [1.54, 1.807) is 0 Å². The smallest absolute Gasteiger partial charge is 0.227 e. The monoisotopic (exact) mass is 362 g/mol. The Hall–Kier alpha value is -1.75. The number of nitrogens with zero attached hydrogens (tertiary/aromatic N) is 2. The fourth-order valence-electron chi connectivity index (χ4n) is 3.81. The Labute approximate surface area is 152 Å².